The first-order chi connectivity index (χ1) is 13.4. The van der Waals surface area contributed by atoms with Crippen molar-refractivity contribution in [2.45, 2.75) is 13.5 Å². The van der Waals surface area contributed by atoms with Gasteiger partial charge in [0.2, 0.25) is 5.82 Å². The van der Waals surface area contributed by atoms with Gasteiger partial charge in [-0.25, -0.2) is 4.79 Å². The number of aromatic nitrogens is 3. The molecule has 2 aromatic heterocycles. The smallest absolute Gasteiger partial charge is 0.358 e. The van der Waals surface area contributed by atoms with Gasteiger partial charge in [-0.3, -0.25) is 4.98 Å². The van der Waals surface area contributed by atoms with Gasteiger partial charge in [0.1, 0.15) is 11.9 Å². The summed E-state index contributed by atoms with van der Waals surface area (Å²) in [5, 5.41) is 14.9. The van der Waals surface area contributed by atoms with Gasteiger partial charge in [0.05, 0.1) is 12.1 Å². The average molecular weight is 444 g/mol. The Bertz CT molecular complexity index is 1030. The lowest BCUT2D eigenvalue weighted by atomic mass is 10.1. The summed E-state index contributed by atoms with van der Waals surface area (Å²) in [5.74, 6) is -0.480. The predicted molar refractivity (Wildman–Crippen MR) is 104 cm³/mol. The summed E-state index contributed by atoms with van der Waals surface area (Å²) in [7, 11) is 0. The van der Waals surface area contributed by atoms with Gasteiger partial charge in [0, 0.05) is 29.4 Å². The lowest BCUT2D eigenvalue weighted by molar-refractivity contribution is -0.389. The Kier molecular flexibility index (Phi) is 5.90. The third kappa shape index (κ3) is 4.65. The number of carbonyl (C=O) groups excluding carboxylic acids is 1. The Labute approximate surface area is 168 Å². The maximum absolute atomic E-state index is 12.2. The van der Waals surface area contributed by atoms with Gasteiger partial charge in [0.25, 0.3) is 0 Å². The van der Waals surface area contributed by atoms with Crippen molar-refractivity contribution in [1.82, 2.24) is 14.5 Å². The standard InChI is InChI=1S/C18H14BrN5O4/c1-12-21-17(24(26)27)11-23(12)10-16(13-4-6-15(19)7-5-13)22-28-18(25)14-3-2-8-20-9-14/h2-9,11H,10H2,1H3/b22-16-. The van der Waals surface area contributed by atoms with Gasteiger partial charge in [0.15, 0.2) is 0 Å². The van der Waals surface area contributed by atoms with Crippen LogP contribution in [0, 0.1) is 17.0 Å². The number of carbonyl (C=O) groups is 1. The lowest BCUT2D eigenvalue weighted by Gasteiger charge is -2.08. The molecule has 0 saturated carbocycles. The molecule has 10 heteroatoms. The average Bonchev–Trinajstić information content (AvgIpc) is 3.07. The van der Waals surface area contributed by atoms with Gasteiger partial charge in [-0.1, -0.05) is 33.2 Å². The van der Waals surface area contributed by atoms with Crippen molar-refractivity contribution in [1.29, 1.82) is 0 Å². The monoisotopic (exact) mass is 443 g/mol. The molecular formula is C18H14BrN5O4. The van der Waals surface area contributed by atoms with Crippen molar-refractivity contribution in [3.8, 4) is 0 Å². The molecule has 3 aromatic rings. The number of hydrogen-bond donors (Lipinski definition) is 0. The van der Waals surface area contributed by atoms with Crippen LogP contribution in [0.4, 0.5) is 5.82 Å². The largest absolute Gasteiger partial charge is 0.381 e. The van der Waals surface area contributed by atoms with E-state index in [-0.39, 0.29) is 17.9 Å². The SMILES string of the molecule is Cc1nc([N+](=O)[O-])cn1C/C(=N/OC(=O)c1cccnc1)c1ccc(Br)cc1. The van der Waals surface area contributed by atoms with Crippen LogP contribution in [0.1, 0.15) is 21.7 Å². The first-order valence-corrected chi connectivity index (χ1v) is 8.85. The minimum atomic E-state index is -0.656. The van der Waals surface area contributed by atoms with Crippen molar-refractivity contribution in [2.75, 3.05) is 0 Å². The second-order valence-corrected chi connectivity index (χ2v) is 6.61. The highest BCUT2D eigenvalue weighted by molar-refractivity contribution is 9.10. The molecule has 142 valence electrons. The summed E-state index contributed by atoms with van der Waals surface area (Å²) in [6, 6.07) is 10.4. The fourth-order valence-corrected chi connectivity index (χ4v) is 2.61. The highest BCUT2D eigenvalue weighted by atomic mass is 79.9. The van der Waals surface area contributed by atoms with E-state index in [4.69, 9.17) is 4.84 Å². The summed E-state index contributed by atoms with van der Waals surface area (Å²) in [4.78, 5) is 35.4. The van der Waals surface area contributed by atoms with Crippen LogP contribution in [-0.2, 0) is 11.4 Å². The molecule has 3 rings (SSSR count). The Morgan fingerprint density at radius 1 is 1.29 bits per heavy atom. The van der Waals surface area contributed by atoms with Crippen LogP contribution in [0.15, 0.2) is 64.6 Å². The molecule has 1 aromatic carbocycles. The van der Waals surface area contributed by atoms with Crippen LogP contribution in [0.25, 0.3) is 0 Å². The fraction of sp³-hybridized carbons (Fsp3) is 0.111. The number of hydrogen-bond acceptors (Lipinski definition) is 7. The summed E-state index contributed by atoms with van der Waals surface area (Å²) in [5.41, 5.74) is 1.36. The molecular weight excluding hydrogens is 430 g/mol. The van der Waals surface area contributed by atoms with Gasteiger partial charge in [-0.15, -0.1) is 0 Å². The lowest BCUT2D eigenvalue weighted by Crippen LogP contribution is -2.14. The van der Waals surface area contributed by atoms with E-state index in [2.05, 4.69) is 31.1 Å². The second kappa shape index (κ2) is 8.53. The van der Waals surface area contributed by atoms with Crippen LogP contribution < -0.4 is 0 Å². The van der Waals surface area contributed by atoms with Crippen LogP contribution in [0.5, 0.6) is 0 Å². The van der Waals surface area contributed by atoms with E-state index in [0.29, 0.717) is 17.1 Å². The number of benzene rings is 1. The van der Waals surface area contributed by atoms with Gasteiger partial charge in [-0.05, 0) is 34.2 Å². The molecule has 0 atom stereocenters. The van der Waals surface area contributed by atoms with E-state index < -0.39 is 10.9 Å². The van der Waals surface area contributed by atoms with Crippen LogP contribution in [0.2, 0.25) is 0 Å². The highest BCUT2D eigenvalue weighted by Gasteiger charge is 2.18. The summed E-state index contributed by atoms with van der Waals surface area (Å²) < 4.78 is 2.44. The van der Waals surface area contributed by atoms with Crippen LogP contribution in [0.3, 0.4) is 0 Å². The number of imidazole rings is 1. The molecule has 0 unspecified atom stereocenters. The fourth-order valence-electron chi connectivity index (χ4n) is 2.35. The molecule has 0 spiro atoms. The number of aryl methyl sites for hydroxylation is 1. The third-order valence-corrected chi connectivity index (χ3v) is 4.31. The van der Waals surface area contributed by atoms with E-state index >= 15 is 0 Å². The van der Waals surface area contributed by atoms with E-state index in [1.807, 2.05) is 12.1 Å². The summed E-state index contributed by atoms with van der Waals surface area (Å²) in [6.07, 6.45) is 4.23. The molecule has 28 heavy (non-hydrogen) atoms. The first-order valence-electron chi connectivity index (χ1n) is 8.06. The minimum absolute atomic E-state index is 0.134. The van der Waals surface area contributed by atoms with Crippen LogP contribution >= 0.6 is 15.9 Å². The van der Waals surface area contributed by atoms with Crippen molar-refractivity contribution < 1.29 is 14.6 Å². The maximum Gasteiger partial charge on any atom is 0.381 e. The van der Waals surface area contributed by atoms with Crippen molar-refractivity contribution in [3.05, 3.63) is 86.5 Å². The Balaban J connectivity index is 1.90. The number of nitro groups is 1. The van der Waals surface area contributed by atoms with Crippen LogP contribution in [-0.4, -0.2) is 31.1 Å². The molecule has 0 aliphatic carbocycles. The molecule has 9 nitrogen and oxygen atoms in total. The maximum atomic E-state index is 12.2. The topological polar surface area (TPSA) is 113 Å². The number of rotatable bonds is 6. The zero-order valence-electron chi connectivity index (χ0n) is 14.7. The molecule has 0 aliphatic rings. The van der Waals surface area contributed by atoms with Gasteiger partial charge >= 0.3 is 11.8 Å². The number of pyridine rings is 1. The zero-order valence-corrected chi connectivity index (χ0v) is 16.2. The number of oxime groups is 1. The molecule has 0 radical (unpaired) electrons. The Hall–Kier alpha value is -3.40. The Morgan fingerprint density at radius 2 is 2.04 bits per heavy atom. The molecule has 0 amide bonds. The van der Waals surface area contributed by atoms with Crippen molar-refractivity contribution in [2.24, 2.45) is 5.16 Å². The van der Waals surface area contributed by atoms with E-state index in [1.165, 1.54) is 12.4 Å². The molecule has 0 aliphatic heterocycles. The Morgan fingerprint density at radius 3 is 2.64 bits per heavy atom. The van der Waals surface area contributed by atoms with E-state index in [9.17, 15) is 14.9 Å². The summed E-state index contributed by atoms with van der Waals surface area (Å²) >= 11 is 3.36. The molecule has 2 heterocycles. The van der Waals surface area contributed by atoms with Crippen molar-refractivity contribution in [3.63, 3.8) is 0 Å². The summed E-state index contributed by atoms with van der Waals surface area (Å²) in [6.45, 7) is 1.78. The van der Waals surface area contributed by atoms with E-state index in [0.717, 1.165) is 4.47 Å². The molecule has 0 N–H and O–H groups in total. The van der Waals surface area contributed by atoms with Gasteiger partial charge in [-0.2, -0.15) is 0 Å². The number of halogens is 1. The third-order valence-electron chi connectivity index (χ3n) is 3.78. The first kappa shape index (κ1) is 19.4. The number of nitrogens with zero attached hydrogens (tertiary/aromatic N) is 5. The van der Waals surface area contributed by atoms with E-state index in [1.54, 1.807) is 42.0 Å². The quantitative estimate of drug-likeness (QED) is 0.249. The highest BCUT2D eigenvalue weighted by Crippen LogP contribution is 2.15. The van der Waals surface area contributed by atoms with Gasteiger partial charge < -0.3 is 19.5 Å². The predicted octanol–water partition coefficient (Wildman–Crippen LogP) is 3.52. The zero-order chi connectivity index (χ0) is 20.1. The molecule has 0 saturated heterocycles. The molecule has 0 fully saturated rings. The second-order valence-electron chi connectivity index (χ2n) is 5.70. The minimum Gasteiger partial charge on any atom is -0.358 e. The van der Waals surface area contributed by atoms with Crippen molar-refractivity contribution >= 4 is 33.4 Å². The normalized spacial score (nSPS) is 11.3. The molecule has 0 bridgehead atoms.